The number of halogens is 1. The molecule has 8 heteroatoms. The van der Waals surface area contributed by atoms with E-state index < -0.39 is 5.56 Å². The number of aromatic nitrogens is 2. The highest BCUT2D eigenvalue weighted by Gasteiger charge is 2.03. The number of phenolic OH excluding ortho intramolecular Hbond substituents is 2. The molecule has 0 amide bonds. The van der Waals surface area contributed by atoms with Gasteiger partial charge in [-0.15, -0.1) is 0 Å². The van der Waals surface area contributed by atoms with Crippen LogP contribution in [0.1, 0.15) is 5.56 Å². The predicted octanol–water partition coefficient (Wildman–Crippen LogP) is 1.28. The minimum Gasteiger partial charge on any atom is -0.508 e. The molecule has 0 aliphatic heterocycles. The van der Waals surface area contributed by atoms with Gasteiger partial charge in [0, 0.05) is 11.6 Å². The van der Waals surface area contributed by atoms with Gasteiger partial charge in [0.15, 0.2) is 0 Å². The second kappa shape index (κ2) is 5.40. The normalized spacial score (nSPS) is 10.8. The van der Waals surface area contributed by atoms with Crippen molar-refractivity contribution in [2.75, 3.05) is 5.43 Å². The Morgan fingerprint density at radius 1 is 1.42 bits per heavy atom. The second-order valence-corrected chi connectivity index (χ2v) is 3.92. The number of nitrogens with zero attached hydrogens (tertiary/aromatic N) is 2. The maximum atomic E-state index is 11.2. The topological polar surface area (TPSA) is 111 Å². The molecule has 1 heterocycles. The monoisotopic (exact) mass is 280 g/mol. The van der Waals surface area contributed by atoms with Gasteiger partial charge in [0.05, 0.1) is 12.4 Å². The van der Waals surface area contributed by atoms with Crippen LogP contribution in [-0.4, -0.2) is 26.6 Å². The number of hydrazone groups is 1. The summed E-state index contributed by atoms with van der Waals surface area (Å²) in [6.07, 6.45) is 2.62. The minimum absolute atomic E-state index is 0.0514. The van der Waals surface area contributed by atoms with E-state index in [0.29, 0.717) is 5.56 Å². The number of benzene rings is 1. The van der Waals surface area contributed by atoms with E-state index >= 15 is 0 Å². The van der Waals surface area contributed by atoms with Crippen molar-refractivity contribution < 1.29 is 10.2 Å². The molecule has 0 saturated carbocycles. The molecular formula is C11H9ClN4O3. The Morgan fingerprint density at radius 3 is 2.95 bits per heavy atom. The van der Waals surface area contributed by atoms with E-state index in [4.69, 9.17) is 16.7 Å². The first kappa shape index (κ1) is 12.9. The van der Waals surface area contributed by atoms with E-state index in [9.17, 15) is 9.90 Å². The summed E-state index contributed by atoms with van der Waals surface area (Å²) in [5.41, 5.74) is 2.62. The summed E-state index contributed by atoms with van der Waals surface area (Å²) < 4.78 is 0. The molecule has 0 fully saturated rings. The Balaban J connectivity index is 2.16. The maximum absolute atomic E-state index is 11.2. The lowest BCUT2D eigenvalue weighted by molar-refractivity contribution is 0.450. The van der Waals surface area contributed by atoms with E-state index in [1.807, 2.05) is 0 Å². The van der Waals surface area contributed by atoms with Crippen LogP contribution in [0.2, 0.25) is 5.02 Å². The largest absolute Gasteiger partial charge is 0.508 e. The Morgan fingerprint density at radius 2 is 2.21 bits per heavy atom. The zero-order valence-electron chi connectivity index (χ0n) is 9.46. The van der Waals surface area contributed by atoms with Crippen LogP contribution in [0.5, 0.6) is 11.5 Å². The Bertz CT molecular complexity index is 684. The number of aromatic amines is 1. The summed E-state index contributed by atoms with van der Waals surface area (Å²) >= 11 is 5.72. The van der Waals surface area contributed by atoms with Crippen LogP contribution in [0, 0.1) is 0 Å². The molecule has 0 atom stereocenters. The number of hydrogen-bond acceptors (Lipinski definition) is 6. The standard InChI is InChI=1S/C11H9ClN4O3/c12-10-8(5-14-16-11(10)19)15-13-4-6-1-2-7(17)3-9(6)18/h1-5,17-18H,(H2,15,16,19)/b13-4-. The number of aromatic hydroxyl groups is 2. The van der Waals surface area contributed by atoms with E-state index in [0.717, 1.165) is 0 Å². The average molecular weight is 281 g/mol. The first-order valence-corrected chi connectivity index (χ1v) is 5.50. The van der Waals surface area contributed by atoms with Gasteiger partial charge < -0.3 is 10.2 Å². The zero-order valence-corrected chi connectivity index (χ0v) is 10.2. The number of hydrogen-bond donors (Lipinski definition) is 4. The average Bonchev–Trinajstić information content (AvgIpc) is 2.37. The number of nitrogens with one attached hydrogen (secondary N) is 2. The zero-order chi connectivity index (χ0) is 13.8. The summed E-state index contributed by atoms with van der Waals surface area (Å²) in [5, 5.41) is 28.1. The van der Waals surface area contributed by atoms with Crippen LogP contribution in [-0.2, 0) is 0 Å². The maximum Gasteiger partial charge on any atom is 0.285 e. The van der Waals surface area contributed by atoms with Crippen molar-refractivity contribution in [3.05, 3.63) is 45.3 Å². The molecule has 19 heavy (non-hydrogen) atoms. The van der Waals surface area contributed by atoms with Gasteiger partial charge >= 0.3 is 0 Å². The molecule has 0 aliphatic carbocycles. The molecule has 1 aromatic carbocycles. The highest BCUT2D eigenvalue weighted by Crippen LogP contribution is 2.21. The number of rotatable bonds is 3. The Hall–Kier alpha value is -2.54. The molecule has 0 spiro atoms. The molecular weight excluding hydrogens is 272 g/mol. The van der Waals surface area contributed by atoms with Crippen LogP contribution < -0.4 is 11.0 Å². The minimum atomic E-state index is -0.533. The summed E-state index contributed by atoms with van der Waals surface area (Å²) in [6, 6.07) is 4.07. The van der Waals surface area contributed by atoms with Crippen molar-refractivity contribution in [3.8, 4) is 11.5 Å². The van der Waals surface area contributed by atoms with Crippen LogP contribution >= 0.6 is 11.6 Å². The fraction of sp³-hybridized carbons (Fsp3) is 0. The van der Waals surface area contributed by atoms with E-state index in [-0.39, 0.29) is 22.2 Å². The first-order chi connectivity index (χ1) is 9.08. The van der Waals surface area contributed by atoms with Crippen molar-refractivity contribution in [2.24, 2.45) is 5.10 Å². The SMILES string of the molecule is O=c1[nH]ncc(N/N=C\c2ccc(O)cc2O)c1Cl. The molecule has 1 aromatic heterocycles. The van der Waals surface area contributed by atoms with Crippen molar-refractivity contribution in [2.45, 2.75) is 0 Å². The molecule has 0 aliphatic rings. The molecule has 2 aromatic rings. The summed E-state index contributed by atoms with van der Waals surface area (Å²) in [6.45, 7) is 0. The van der Waals surface area contributed by atoms with E-state index in [1.165, 1.54) is 30.6 Å². The van der Waals surface area contributed by atoms with Gasteiger partial charge in [-0.25, -0.2) is 5.10 Å². The fourth-order valence-electron chi connectivity index (χ4n) is 1.27. The van der Waals surface area contributed by atoms with Crippen molar-refractivity contribution in [1.82, 2.24) is 10.2 Å². The molecule has 0 bridgehead atoms. The number of phenols is 2. The van der Waals surface area contributed by atoms with Crippen molar-refractivity contribution in [1.29, 1.82) is 0 Å². The smallest absolute Gasteiger partial charge is 0.285 e. The van der Waals surface area contributed by atoms with Gasteiger partial charge in [-0.1, -0.05) is 11.6 Å². The summed E-state index contributed by atoms with van der Waals surface area (Å²) in [4.78, 5) is 11.2. The fourth-order valence-corrected chi connectivity index (χ4v) is 1.41. The van der Waals surface area contributed by atoms with Crippen LogP contribution in [0.25, 0.3) is 0 Å². The lowest BCUT2D eigenvalue weighted by Gasteiger charge is -2.01. The highest BCUT2D eigenvalue weighted by molar-refractivity contribution is 6.32. The highest BCUT2D eigenvalue weighted by atomic mass is 35.5. The molecule has 0 saturated heterocycles. The van der Waals surface area contributed by atoms with E-state index in [1.54, 1.807) is 0 Å². The molecule has 2 rings (SSSR count). The van der Waals surface area contributed by atoms with Crippen LogP contribution in [0.3, 0.4) is 0 Å². The van der Waals surface area contributed by atoms with Gasteiger partial charge in [0.2, 0.25) is 0 Å². The van der Waals surface area contributed by atoms with Crippen LogP contribution in [0.4, 0.5) is 5.69 Å². The second-order valence-electron chi connectivity index (χ2n) is 3.54. The number of anilines is 1. The van der Waals surface area contributed by atoms with Gasteiger partial charge in [0.25, 0.3) is 5.56 Å². The molecule has 0 unspecified atom stereocenters. The third-order valence-corrected chi connectivity index (χ3v) is 2.57. The van der Waals surface area contributed by atoms with Gasteiger partial charge in [-0.05, 0) is 12.1 Å². The van der Waals surface area contributed by atoms with Gasteiger partial charge in [0.1, 0.15) is 22.2 Å². The molecule has 7 nitrogen and oxygen atoms in total. The van der Waals surface area contributed by atoms with E-state index in [2.05, 4.69) is 20.7 Å². The van der Waals surface area contributed by atoms with Crippen LogP contribution in [0.15, 0.2) is 34.3 Å². The first-order valence-electron chi connectivity index (χ1n) is 5.12. The lowest BCUT2D eigenvalue weighted by Crippen LogP contribution is -2.10. The Labute approximate surface area is 112 Å². The number of H-pyrrole nitrogens is 1. The molecule has 0 radical (unpaired) electrons. The third kappa shape index (κ3) is 3.02. The third-order valence-electron chi connectivity index (χ3n) is 2.20. The summed E-state index contributed by atoms with van der Waals surface area (Å²) in [7, 11) is 0. The Kier molecular flexibility index (Phi) is 3.67. The molecule has 4 N–H and O–H groups in total. The predicted molar refractivity (Wildman–Crippen MR) is 70.9 cm³/mol. The van der Waals surface area contributed by atoms with Gasteiger partial charge in [-0.2, -0.15) is 10.2 Å². The van der Waals surface area contributed by atoms with Crippen molar-refractivity contribution in [3.63, 3.8) is 0 Å². The lowest BCUT2D eigenvalue weighted by atomic mass is 10.2. The molecule has 98 valence electrons. The quantitative estimate of drug-likeness (QED) is 0.500. The van der Waals surface area contributed by atoms with Crippen molar-refractivity contribution >= 4 is 23.5 Å². The summed E-state index contributed by atoms with van der Waals surface area (Å²) in [5.74, 6) is -0.176. The van der Waals surface area contributed by atoms with Gasteiger partial charge in [-0.3, -0.25) is 10.2 Å².